The van der Waals surface area contributed by atoms with E-state index in [1.807, 2.05) is 13.8 Å². The van der Waals surface area contributed by atoms with Gasteiger partial charge in [-0.1, -0.05) is 13.8 Å². The summed E-state index contributed by atoms with van der Waals surface area (Å²) >= 11 is 0. The number of nitrogens with one attached hydrogen (secondary N) is 4. The van der Waals surface area contributed by atoms with E-state index in [9.17, 15) is 29.1 Å². The Balaban J connectivity index is 1.90. The molecule has 3 fully saturated rings. The first-order valence-corrected chi connectivity index (χ1v) is 12.8. The molecule has 3 heterocycles. The molecular formula is C24H38N4O10. The minimum absolute atomic E-state index is 0.00508. The van der Waals surface area contributed by atoms with Gasteiger partial charge in [-0.05, 0) is 39.5 Å². The van der Waals surface area contributed by atoms with E-state index in [4.69, 9.17) is 19.3 Å². The van der Waals surface area contributed by atoms with Gasteiger partial charge in [0.2, 0.25) is 23.6 Å². The number of aliphatic hydroxyl groups excluding tert-OH is 1. The lowest BCUT2D eigenvalue weighted by molar-refractivity contribution is -0.218. The number of carbonyl (C=O) groups excluding carboxylic acids is 4. The molecule has 8 atom stereocenters. The van der Waals surface area contributed by atoms with E-state index in [0.29, 0.717) is 0 Å². The maximum Gasteiger partial charge on any atom is 0.303 e. The summed E-state index contributed by atoms with van der Waals surface area (Å²) in [6, 6.07) is -4.41. The maximum absolute atomic E-state index is 13.3. The van der Waals surface area contributed by atoms with Gasteiger partial charge < -0.3 is 45.7 Å². The Morgan fingerprint density at radius 1 is 0.974 bits per heavy atom. The van der Waals surface area contributed by atoms with Gasteiger partial charge in [-0.3, -0.25) is 24.0 Å². The maximum atomic E-state index is 13.3. The van der Waals surface area contributed by atoms with E-state index in [-0.39, 0.29) is 18.8 Å². The average molecular weight is 543 g/mol. The van der Waals surface area contributed by atoms with Crippen molar-refractivity contribution in [1.29, 1.82) is 0 Å². The molecule has 3 aliphatic heterocycles. The van der Waals surface area contributed by atoms with Gasteiger partial charge in [0.15, 0.2) is 12.1 Å². The summed E-state index contributed by atoms with van der Waals surface area (Å²) < 4.78 is 17.3. The lowest BCUT2D eigenvalue weighted by atomic mass is 9.98. The molecule has 0 radical (unpaired) electrons. The Morgan fingerprint density at radius 2 is 1.63 bits per heavy atom. The van der Waals surface area contributed by atoms with E-state index < -0.39 is 97.0 Å². The highest BCUT2D eigenvalue weighted by Gasteiger charge is 2.56. The molecule has 0 aromatic carbocycles. The number of aliphatic carboxylic acids is 1. The first kappa shape index (κ1) is 29.7. The SMILES string of the molecule is CC(C)C[C@@H]1NC(=O)[C@H](C)NC(=O)[C@H](CCC(=O)O)NC(=O)C[C@@H](C2O[C@@H]3OC(C)(C)O[C@@H]3[C@H]2O)NC1=O. The normalized spacial score (nSPS) is 36.2. The minimum atomic E-state index is -1.26. The molecule has 3 saturated heterocycles. The van der Waals surface area contributed by atoms with Crippen molar-refractivity contribution in [1.82, 2.24) is 21.3 Å². The van der Waals surface area contributed by atoms with Crippen LogP contribution in [0.25, 0.3) is 0 Å². The topological polar surface area (TPSA) is 202 Å². The Bertz CT molecular complexity index is 941. The summed E-state index contributed by atoms with van der Waals surface area (Å²) in [4.78, 5) is 63.2. The van der Waals surface area contributed by atoms with Crippen LogP contribution < -0.4 is 21.3 Å². The number of carboxylic acids is 1. The fourth-order valence-electron chi connectivity index (χ4n) is 4.75. The fourth-order valence-corrected chi connectivity index (χ4v) is 4.75. The third-order valence-corrected chi connectivity index (χ3v) is 6.57. The molecule has 38 heavy (non-hydrogen) atoms. The molecule has 0 aromatic rings. The van der Waals surface area contributed by atoms with E-state index in [1.165, 1.54) is 6.92 Å². The van der Waals surface area contributed by atoms with Crippen molar-refractivity contribution in [2.45, 2.75) is 115 Å². The van der Waals surface area contributed by atoms with Gasteiger partial charge >= 0.3 is 5.97 Å². The van der Waals surface area contributed by atoms with Crippen LogP contribution in [0.2, 0.25) is 0 Å². The van der Waals surface area contributed by atoms with Crippen LogP contribution in [0.15, 0.2) is 0 Å². The highest BCUT2D eigenvalue weighted by molar-refractivity contribution is 5.95. The van der Waals surface area contributed by atoms with Crippen molar-refractivity contribution in [3.05, 3.63) is 0 Å². The highest BCUT2D eigenvalue weighted by Crippen LogP contribution is 2.38. The zero-order valence-electron chi connectivity index (χ0n) is 22.2. The number of fused-ring (bicyclic) bond motifs is 1. The third-order valence-electron chi connectivity index (χ3n) is 6.57. The molecule has 0 aromatic heterocycles. The standard InChI is InChI=1S/C24H38N4O10/c1-10(2)8-14-22(35)27-13(18-17(32)19-23(36-18)38-24(4,5)37-19)9-15(29)26-12(6-7-16(30)31)21(34)25-11(3)20(33)28-14/h10-14,17-19,23,32H,6-9H2,1-5H3,(H,25,34)(H,26,29)(H,27,35)(H,28,33)(H,30,31)/t11-,12-,13-,14-,17-,18?,19+,23+/m0/s1. The molecular weight excluding hydrogens is 504 g/mol. The second kappa shape index (κ2) is 11.9. The van der Waals surface area contributed by atoms with Crippen molar-refractivity contribution < 1.29 is 48.4 Å². The van der Waals surface area contributed by atoms with Crippen LogP contribution in [-0.2, 0) is 38.2 Å². The number of carboxylic acid groups (broad SMARTS) is 1. The Labute approximate surface area is 220 Å². The molecule has 0 aliphatic carbocycles. The number of rotatable bonds is 6. The average Bonchev–Trinajstić information content (AvgIpc) is 3.26. The van der Waals surface area contributed by atoms with Crippen LogP contribution in [0.1, 0.15) is 60.3 Å². The van der Waals surface area contributed by atoms with Crippen LogP contribution >= 0.6 is 0 Å². The largest absolute Gasteiger partial charge is 0.481 e. The van der Waals surface area contributed by atoms with Gasteiger partial charge in [0.25, 0.3) is 0 Å². The molecule has 214 valence electrons. The van der Waals surface area contributed by atoms with Gasteiger partial charge in [0.05, 0.1) is 6.04 Å². The van der Waals surface area contributed by atoms with E-state index in [0.717, 1.165) is 0 Å². The highest BCUT2D eigenvalue weighted by atomic mass is 16.8. The van der Waals surface area contributed by atoms with Crippen LogP contribution in [0, 0.1) is 5.92 Å². The van der Waals surface area contributed by atoms with Crippen LogP contribution in [0.3, 0.4) is 0 Å². The molecule has 1 unspecified atom stereocenters. The zero-order chi connectivity index (χ0) is 28.4. The van der Waals surface area contributed by atoms with E-state index >= 15 is 0 Å². The van der Waals surface area contributed by atoms with E-state index in [2.05, 4.69) is 21.3 Å². The zero-order valence-corrected chi connectivity index (χ0v) is 22.2. The first-order chi connectivity index (χ1) is 17.7. The molecule has 14 nitrogen and oxygen atoms in total. The van der Waals surface area contributed by atoms with Gasteiger partial charge in [0, 0.05) is 12.8 Å². The van der Waals surface area contributed by atoms with Gasteiger partial charge in [-0.15, -0.1) is 0 Å². The molecule has 3 aliphatic rings. The van der Waals surface area contributed by atoms with E-state index in [1.54, 1.807) is 13.8 Å². The van der Waals surface area contributed by atoms with Crippen LogP contribution in [-0.4, -0.2) is 94.4 Å². The molecule has 3 rings (SSSR count). The molecule has 6 N–H and O–H groups in total. The minimum Gasteiger partial charge on any atom is -0.481 e. The second-order valence-corrected chi connectivity index (χ2v) is 10.9. The molecule has 14 heteroatoms. The van der Waals surface area contributed by atoms with Gasteiger partial charge in [-0.2, -0.15) is 0 Å². The quantitative estimate of drug-likeness (QED) is 0.229. The summed E-state index contributed by atoms with van der Waals surface area (Å²) in [6.45, 7) is 8.47. The van der Waals surface area contributed by atoms with Crippen molar-refractivity contribution in [3.8, 4) is 0 Å². The monoisotopic (exact) mass is 542 g/mol. The van der Waals surface area contributed by atoms with Gasteiger partial charge in [-0.25, -0.2) is 0 Å². The Hall–Kier alpha value is -2.81. The number of carbonyl (C=O) groups is 5. The molecule has 0 saturated carbocycles. The first-order valence-electron chi connectivity index (χ1n) is 12.8. The third kappa shape index (κ3) is 7.40. The van der Waals surface area contributed by atoms with Gasteiger partial charge in [0.1, 0.15) is 36.4 Å². The van der Waals surface area contributed by atoms with Crippen molar-refractivity contribution in [2.75, 3.05) is 0 Å². The smallest absolute Gasteiger partial charge is 0.303 e. The fraction of sp³-hybridized carbons (Fsp3) is 0.792. The van der Waals surface area contributed by atoms with Crippen molar-refractivity contribution in [2.24, 2.45) is 5.92 Å². The van der Waals surface area contributed by atoms with Crippen LogP contribution in [0.4, 0.5) is 0 Å². The van der Waals surface area contributed by atoms with Crippen LogP contribution in [0.5, 0.6) is 0 Å². The second-order valence-electron chi connectivity index (χ2n) is 10.9. The number of amides is 4. The number of hydrogen-bond donors (Lipinski definition) is 6. The Morgan fingerprint density at radius 3 is 2.24 bits per heavy atom. The summed E-state index contributed by atoms with van der Waals surface area (Å²) in [5, 5.41) is 30.4. The summed E-state index contributed by atoms with van der Waals surface area (Å²) in [5.74, 6) is -4.82. The molecule has 0 bridgehead atoms. The lowest BCUT2D eigenvalue weighted by Crippen LogP contribution is -2.57. The molecule has 0 spiro atoms. The lowest BCUT2D eigenvalue weighted by Gasteiger charge is -2.31. The summed E-state index contributed by atoms with van der Waals surface area (Å²) in [7, 11) is 0. The molecule has 4 amide bonds. The Kier molecular flexibility index (Phi) is 9.34. The summed E-state index contributed by atoms with van der Waals surface area (Å²) in [5.41, 5.74) is 0. The number of aliphatic hydroxyl groups is 1. The van der Waals surface area contributed by atoms with Crippen molar-refractivity contribution in [3.63, 3.8) is 0 Å². The number of hydrogen-bond acceptors (Lipinski definition) is 9. The summed E-state index contributed by atoms with van der Waals surface area (Å²) in [6.07, 6.45) is -4.95. The number of ether oxygens (including phenoxy) is 3. The predicted octanol–water partition coefficient (Wildman–Crippen LogP) is -1.50. The predicted molar refractivity (Wildman–Crippen MR) is 129 cm³/mol. The van der Waals surface area contributed by atoms with Crippen molar-refractivity contribution >= 4 is 29.6 Å².